The number of carbonyl (C=O) groups excluding carboxylic acids is 1. The van der Waals surface area contributed by atoms with Gasteiger partial charge in [0.2, 0.25) is 0 Å². The highest BCUT2D eigenvalue weighted by molar-refractivity contribution is 5.90. The van der Waals surface area contributed by atoms with Crippen molar-refractivity contribution in [1.82, 2.24) is 15.0 Å². The van der Waals surface area contributed by atoms with Gasteiger partial charge in [-0.25, -0.2) is 4.68 Å². The Bertz CT molecular complexity index is 315. The number of hydrogen-bond donors (Lipinski definition) is 1. The Kier molecular flexibility index (Phi) is 3.46. The molecule has 78 valence electrons. The molecule has 8 heteroatoms. The van der Waals surface area contributed by atoms with Gasteiger partial charge in [0.05, 0.1) is 19.3 Å². The fourth-order valence-corrected chi connectivity index (χ4v) is 0.842. The van der Waals surface area contributed by atoms with E-state index in [0.717, 1.165) is 10.9 Å². The Labute approximate surface area is 77.6 Å². The third kappa shape index (κ3) is 2.73. The van der Waals surface area contributed by atoms with Gasteiger partial charge in [0.25, 0.3) is 5.91 Å². The van der Waals surface area contributed by atoms with Gasteiger partial charge < -0.3 is 10.5 Å². The summed E-state index contributed by atoms with van der Waals surface area (Å²) in [6.07, 6.45) is 1.16. The van der Waals surface area contributed by atoms with Gasteiger partial charge in [-0.05, 0) is 0 Å². The molecule has 1 aromatic heterocycles. The number of amides is 1. The van der Waals surface area contributed by atoms with Crippen LogP contribution in [0.3, 0.4) is 0 Å². The van der Waals surface area contributed by atoms with E-state index in [1.807, 2.05) is 0 Å². The molecule has 0 aliphatic heterocycles. The largest absolute Gasteiger partial charge is 0.364 e. The van der Waals surface area contributed by atoms with Gasteiger partial charge >= 0.3 is 6.61 Å². The van der Waals surface area contributed by atoms with Crippen LogP contribution in [-0.4, -0.2) is 34.1 Å². The Morgan fingerprint density at radius 2 is 2.43 bits per heavy atom. The first-order chi connectivity index (χ1) is 6.61. The van der Waals surface area contributed by atoms with Gasteiger partial charge in [-0.3, -0.25) is 4.79 Å². The lowest BCUT2D eigenvalue weighted by molar-refractivity contribution is -0.130. The Morgan fingerprint density at radius 3 is 3.00 bits per heavy atom. The lowest BCUT2D eigenvalue weighted by Gasteiger charge is -2.03. The smallest absolute Gasteiger partial charge is 0.345 e. The summed E-state index contributed by atoms with van der Waals surface area (Å²) in [5.74, 6) is -0.716. The highest BCUT2D eigenvalue weighted by atomic mass is 19.3. The van der Waals surface area contributed by atoms with Crippen LogP contribution in [0, 0.1) is 0 Å². The molecular weight excluding hydrogens is 198 g/mol. The summed E-state index contributed by atoms with van der Waals surface area (Å²) in [6, 6.07) is 0. The third-order valence-corrected chi connectivity index (χ3v) is 1.42. The van der Waals surface area contributed by atoms with E-state index in [0.29, 0.717) is 0 Å². The zero-order valence-electron chi connectivity index (χ0n) is 7.06. The predicted molar refractivity (Wildman–Crippen MR) is 40.5 cm³/mol. The lowest BCUT2D eigenvalue weighted by atomic mass is 10.4. The van der Waals surface area contributed by atoms with Crippen LogP contribution in [0.4, 0.5) is 8.78 Å². The maximum atomic E-state index is 11.6. The minimum Gasteiger partial charge on any atom is -0.364 e. The summed E-state index contributed by atoms with van der Waals surface area (Å²) in [5, 5.41) is 6.89. The fraction of sp³-hybridized carbons (Fsp3) is 0.500. The average molecular weight is 206 g/mol. The first-order valence-corrected chi connectivity index (χ1v) is 3.69. The zero-order valence-corrected chi connectivity index (χ0v) is 7.06. The molecule has 0 aliphatic rings. The van der Waals surface area contributed by atoms with Gasteiger partial charge in [-0.1, -0.05) is 5.21 Å². The predicted octanol–water partition coefficient (Wildman–Crippen LogP) is -0.384. The minimum atomic E-state index is -2.84. The van der Waals surface area contributed by atoms with E-state index in [1.165, 1.54) is 0 Å². The first kappa shape index (κ1) is 10.5. The zero-order chi connectivity index (χ0) is 10.6. The van der Waals surface area contributed by atoms with Crippen LogP contribution < -0.4 is 5.73 Å². The molecule has 0 radical (unpaired) electrons. The molecule has 0 unspecified atom stereocenters. The molecule has 1 amide bonds. The van der Waals surface area contributed by atoms with Crippen LogP contribution in [-0.2, 0) is 11.3 Å². The maximum absolute atomic E-state index is 11.6. The molecule has 0 atom stereocenters. The number of nitrogens with zero attached hydrogens (tertiary/aromatic N) is 3. The number of aromatic nitrogens is 3. The molecular formula is C6H8F2N4O2. The number of ether oxygens (including phenoxy) is 1. The van der Waals surface area contributed by atoms with Crippen molar-refractivity contribution in [3.8, 4) is 0 Å². The number of alkyl halides is 2. The Hall–Kier alpha value is -1.57. The summed E-state index contributed by atoms with van der Waals surface area (Å²) in [7, 11) is 0. The van der Waals surface area contributed by atoms with E-state index in [9.17, 15) is 13.6 Å². The molecule has 6 nitrogen and oxygen atoms in total. The highest BCUT2D eigenvalue weighted by Crippen LogP contribution is 1.98. The van der Waals surface area contributed by atoms with E-state index in [2.05, 4.69) is 15.0 Å². The van der Waals surface area contributed by atoms with E-state index < -0.39 is 12.5 Å². The van der Waals surface area contributed by atoms with Crippen molar-refractivity contribution >= 4 is 5.91 Å². The lowest BCUT2D eigenvalue weighted by Crippen LogP contribution is -2.20. The van der Waals surface area contributed by atoms with Crippen LogP contribution in [0.5, 0.6) is 0 Å². The van der Waals surface area contributed by atoms with Gasteiger partial charge in [0.15, 0.2) is 0 Å². The average Bonchev–Trinajstić information content (AvgIpc) is 2.51. The van der Waals surface area contributed by atoms with E-state index >= 15 is 0 Å². The van der Waals surface area contributed by atoms with Crippen molar-refractivity contribution in [2.75, 3.05) is 6.61 Å². The van der Waals surface area contributed by atoms with Crippen molar-refractivity contribution in [2.24, 2.45) is 5.73 Å². The Balaban J connectivity index is 2.50. The fourth-order valence-electron chi connectivity index (χ4n) is 0.842. The van der Waals surface area contributed by atoms with Crippen molar-refractivity contribution in [1.29, 1.82) is 0 Å². The third-order valence-electron chi connectivity index (χ3n) is 1.42. The summed E-state index contributed by atoms with van der Waals surface area (Å²) in [6.45, 7) is -3.10. The number of primary amides is 1. The van der Waals surface area contributed by atoms with Gasteiger partial charge in [0, 0.05) is 0 Å². The van der Waals surface area contributed by atoms with Crippen LogP contribution in [0.15, 0.2) is 6.20 Å². The molecule has 2 N–H and O–H groups in total. The van der Waals surface area contributed by atoms with Crippen LogP contribution in [0.25, 0.3) is 0 Å². The number of rotatable bonds is 5. The number of halogens is 2. The van der Waals surface area contributed by atoms with Crippen molar-refractivity contribution in [3.63, 3.8) is 0 Å². The molecule has 0 spiro atoms. The van der Waals surface area contributed by atoms with Crippen LogP contribution in [0.2, 0.25) is 0 Å². The normalized spacial score (nSPS) is 10.8. The number of carbonyl (C=O) groups is 1. The second-order valence-corrected chi connectivity index (χ2v) is 2.34. The molecule has 0 saturated heterocycles. The molecule has 1 rings (SSSR count). The van der Waals surface area contributed by atoms with Gasteiger partial charge in [-0.15, -0.1) is 5.10 Å². The van der Waals surface area contributed by atoms with Crippen LogP contribution >= 0.6 is 0 Å². The van der Waals surface area contributed by atoms with Crippen LogP contribution in [0.1, 0.15) is 10.5 Å². The molecule has 0 aliphatic carbocycles. The number of nitrogens with two attached hydrogens (primary N) is 1. The van der Waals surface area contributed by atoms with Gasteiger partial charge in [-0.2, -0.15) is 8.78 Å². The summed E-state index contributed by atoms with van der Waals surface area (Å²) in [5.41, 5.74) is 5.02. The van der Waals surface area contributed by atoms with E-state index in [4.69, 9.17) is 5.73 Å². The topological polar surface area (TPSA) is 83.0 Å². The Morgan fingerprint density at radius 1 is 1.71 bits per heavy atom. The quantitative estimate of drug-likeness (QED) is 0.711. The van der Waals surface area contributed by atoms with E-state index in [-0.39, 0.29) is 18.8 Å². The number of hydrogen-bond acceptors (Lipinski definition) is 4. The molecule has 14 heavy (non-hydrogen) atoms. The van der Waals surface area contributed by atoms with E-state index in [1.54, 1.807) is 0 Å². The standard InChI is InChI=1S/C6H8F2N4O2/c7-6(8)14-2-1-12-4(5(9)13)3-10-11-12/h3,6H,1-2H2,(H2,9,13). The van der Waals surface area contributed by atoms with Crippen molar-refractivity contribution in [3.05, 3.63) is 11.9 Å². The van der Waals surface area contributed by atoms with Crippen molar-refractivity contribution < 1.29 is 18.3 Å². The molecule has 0 saturated carbocycles. The summed E-state index contributed by atoms with van der Waals surface area (Å²) >= 11 is 0. The monoisotopic (exact) mass is 206 g/mol. The second-order valence-electron chi connectivity index (χ2n) is 2.34. The maximum Gasteiger partial charge on any atom is 0.345 e. The minimum absolute atomic E-state index is 0.00259. The second kappa shape index (κ2) is 4.61. The summed E-state index contributed by atoms with van der Waals surface area (Å²) in [4.78, 5) is 10.7. The summed E-state index contributed by atoms with van der Waals surface area (Å²) < 4.78 is 28.2. The first-order valence-electron chi connectivity index (χ1n) is 3.69. The molecule has 1 heterocycles. The molecule has 0 aromatic carbocycles. The van der Waals surface area contributed by atoms with Crippen molar-refractivity contribution in [2.45, 2.75) is 13.2 Å². The van der Waals surface area contributed by atoms with Gasteiger partial charge in [0.1, 0.15) is 5.69 Å². The molecule has 0 fully saturated rings. The molecule has 1 aromatic rings. The molecule has 0 bridgehead atoms. The SMILES string of the molecule is NC(=O)c1cnnn1CCOC(F)F. The highest BCUT2D eigenvalue weighted by Gasteiger charge is 2.09.